The lowest BCUT2D eigenvalue weighted by Crippen LogP contribution is -2.41. The minimum absolute atomic E-state index is 0.245. The van der Waals surface area contributed by atoms with Crippen molar-refractivity contribution in [3.05, 3.63) is 234 Å². The number of hydrogen-bond donors (Lipinski definition) is 2. The minimum Gasteiger partial charge on any atom is -0.359 e. The van der Waals surface area contributed by atoms with Gasteiger partial charge in [-0.2, -0.15) is 0 Å². The van der Waals surface area contributed by atoms with Crippen molar-refractivity contribution in [2.24, 2.45) is 11.8 Å². The van der Waals surface area contributed by atoms with Gasteiger partial charge in [-0.05, 0) is 148 Å². The zero-order valence-electron chi connectivity index (χ0n) is 38.4. The maximum absolute atomic E-state index is 3.83. The summed E-state index contributed by atoms with van der Waals surface area (Å²) < 4.78 is 0. The van der Waals surface area contributed by atoms with Crippen LogP contribution in [-0.2, 0) is 6.54 Å². The van der Waals surface area contributed by atoms with Gasteiger partial charge in [-0.25, -0.2) is 0 Å². The number of hydrogen-bond acceptors (Lipinski definition) is 4. The van der Waals surface area contributed by atoms with Crippen molar-refractivity contribution in [1.29, 1.82) is 0 Å². The maximum atomic E-state index is 3.83. The Balaban J connectivity index is 0.951. The van der Waals surface area contributed by atoms with E-state index in [1.165, 1.54) is 44.7 Å². The number of nitrogens with one attached hydrogen (secondary N) is 2. The first-order chi connectivity index (χ1) is 32.0. The topological polar surface area (TPSA) is 30.5 Å². The van der Waals surface area contributed by atoms with Gasteiger partial charge in [-0.1, -0.05) is 163 Å². The van der Waals surface area contributed by atoms with E-state index >= 15 is 0 Å². The smallest absolute Gasteiger partial charge is 0.0464 e. The van der Waals surface area contributed by atoms with Crippen LogP contribution in [0.4, 0.5) is 17.1 Å². The summed E-state index contributed by atoms with van der Waals surface area (Å²) >= 11 is 0. The average Bonchev–Trinajstić information content (AvgIpc) is 3.36. The van der Waals surface area contributed by atoms with Gasteiger partial charge in [0.25, 0.3) is 0 Å². The van der Waals surface area contributed by atoms with Crippen molar-refractivity contribution in [2.45, 2.75) is 63.1 Å². The normalized spacial score (nSPS) is 20.0. The molecule has 5 unspecified atom stereocenters. The molecular weight excluding hydrogens is 789 g/mol. The first-order valence-electron chi connectivity index (χ1n) is 23.8. The molecule has 0 saturated heterocycles. The Hall–Kier alpha value is -6.46. The molecule has 4 nitrogen and oxygen atoms in total. The molecule has 4 aliphatic rings. The molecule has 0 aliphatic heterocycles. The van der Waals surface area contributed by atoms with Crippen molar-refractivity contribution < 1.29 is 0 Å². The average molecular weight is 853 g/mol. The highest BCUT2D eigenvalue weighted by Crippen LogP contribution is 2.43. The quantitative estimate of drug-likeness (QED) is 0.104. The van der Waals surface area contributed by atoms with E-state index in [1.54, 1.807) is 5.57 Å². The molecule has 5 aromatic rings. The third-order valence-electron chi connectivity index (χ3n) is 13.7. The second-order valence-electron chi connectivity index (χ2n) is 18.4. The van der Waals surface area contributed by atoms with Crippen LogP contribution in [0.25, 0.3) is 22.3 Å². The van der Waals surface area contributed by atoms with E-state index in [1.807, 2.05) is 0 Å². The molecule has 0 amide bonds. The lowest BCUT2D eigenvalue weighted by atomic mass is 9.71. The highest BCUT2D eigenvalue weighted by molar-refractivity contribution is 5.85. The molecule has 0 spiro atoms. The van der Waals surface area contributed by atoms with E-state index in [9.17, 15) is 0 Å². The summed E-state index contributed by atoms with van der Waals surface area (Å²) in [7, 11) is 6.80. The third kappa shape index (κ3) is 10.7. The second kappa shape index (κ2) is 21.0. The minimum atomic E-state index is 0.245. The summed E-state index contributed by atoms with van der Waals surface area (Å²) in [6.07, 6.45) is 36.7. The van der Waals surface area contributed by atoms with Crippen molar-refractivity contribution >= 4 is 17.1 Å². The number of benzene rings is 5. The van der Waals surface area contributed by atoms with Crippen molar-refractivity contribution in [1.82, 2.24) is 9.80 Å². The second-order valence-corrected chi connectivity index (χ2v) is 18.4. The number of allylic oxidation sites excluding steroid dienone is 13. The summed E-state index contributed by atoms with van der Waals surface area (Å²) in [5.74, 6) is 0.942. The van der Waals surface area contributed by atoms with E-state index in [2.05, 4.69) is 248 Å². The Morgan fingerprint density at radius 1 is 0.615 bits per heavy atom. The Morgan fingerprint density at radius 2 is 1.40 bits per heavy atom. The molecule has 0 radical (unpaired) electrons. The monoisotopic (exact) mass is 853 g/mol. The highest BCUT2D eigenvalue weighted by atomic mass is 15.2. The van der Waals surface area contributed by atoms with Crippen LogP contribution in [-0.4, -0.2) is 43.0 Å². The van der Waals surface area contributed by atoms with Crippen molar-refractivity contribution in [3.63, 3.8) is 0 Å². The Labute approximate surface area is 388 Å². The summed E-state index contributed by atoms with van der Waals surface area (Å²) in [4.78, 5) is 5.00. The Bertz CT molecular complexity index is 2640. The molecule has 0 aromatic heterocycles. The Morgan fingerprint density at radius 3 is 2.14 bits per heavy atom. The standard InChI is InChI=1S/C61H64N4/c1-64(2)59(48-24-11-5-12-25-48)43-60(49-26-13-6-14-27-49)65(3)44-45-21-19-30-51(41-45)52-37-40-57(56(42-52)46-22-9-4-10-23-46)62-54-38-35-47(36-39-54)55-33-20-34-58(63-53-31-17-8-18-32-53)61(55)50-28-15-7-16-29-50/h4-5,7-11,13,15-24,26-28,30-42,50,55,59-63H,6,12,14,25,29,43-44H2,1-3H3. The van der Waals surface area contributed by atoms with Gasteiger partial charge in [0, 0.05) is 58.8 Å². The Kier molecular flexibility index (Phi) is 14.2. The van der Waals surface area contributed by atoms with Gasteiger partial charge in [0.1, 0.15) is 0 Å². The molecule has 65 heavy (non-hydrogen) atoms. The molecule has 0 saturated carbocycles. The molecule has 0 bridgehead atoms. The van der Waals surface area contributed by atoms with Gasteiger partial charge < -0.3 is 15.5 Å². The summed E-state index contributed by atoms with van der Waals surface area (Å²) in [5.41, 5.74) is 15.0. The summed E-state index contributed by atoms with van der Waals surface area (Å²) in [6.45, 7) is 0.872. The third-order valence-corrected chi connectivity index (χ3v) is 13.7. The van der Waals surface area contributed by atoms with Gasteiger partial charge in [-0.3, -0.25) is 4.90 Å². The lowest BCUT2D eigenvalue weighted by molar-refractivity contribution is 0.205. The molecule has 5 atom stereocenters. The molecule has 2 N–H and O–H groups in total. The highest BCUT2D eigenvalue weighted by Gasteiger charge is 2.33. The van der Waals surface area contributed by atoms with Crippen LogP contribution in [0.15, 0.2) is 223 Å². The van der Waals surface area contributed by atoms with Gasteiger partial charge in [-0.15, -0.1) is 0 Å². The molecule has 0 heterocycles. The molecule has 5 aromatic carbocycles. The van der Waals surface area contributed by atoms with Crippen LogP contribution in [0.1, 0.15) is 55.6 Å². The van der Waals surface area contributed by atoms with Crippen molar-refractivity contribution in [3.8, 4) is 22.3 Å². The fourth-order valence-corrected chi connectivity index (χ4v) is 10.3. The van der Waals surface area contributed by atoms with Gasteiger partial charge in [0.2, 0.25) is 0 Å². The molecule has 9 rings (SSSR count). The van der Waals surface area contributed by atoms with E-state index in [4.69, 9.17) is 0 Å². The van der Waals surface area contributed by atoms with Crippen LogP contribution < -0.4 is 10.6 Å². The first kappa shape index (κ1) is 43.8. The number of anilines is 3. The van der Waals surface area contributed by atoms with E-state index < -0.39 is 0 Å². The zero-order valence-corrected chi connectivity index (χ0v) is 38.4. The SMILES string of the molecule is CN(C)C(CC(C1=CCCC=C1)N(C)Cc1cccc(-c2ccc(Nc3ccc(C4C=CC=C(Nc5ccccc5)C4C4C=CC=CC4)cc3)c(-c3ccccc3)c2)c1)C1=CC=CCC1. The maximum Gasteiger partial charge on any atom is 0.0464 e. The molecule has 4 heteroatoms. The first-order valence-corrected chi connectivity index (χ1v) is 23.8. The van der Waals surface area contributed by atoms with Gasteiger partial charge >= 0.3 is 0 Å². The van der Waals surface area contributed by atoms with Crippen LogP contribution >= 0.6 is 0 Å². The number of likely N-dealkylation sites (N-methyl/N-ethyl adjacent to an activating group) is 2. The van der Waals surface area contributed by atoms with Crippen LogP contribution in [0.5, 0.6) is 0 Å². The van der Waals surface area contributed by atoms with E-state index in [0.29, 0.717) is 23.9 Å². The molecule has 4 aliphatic carbocycles. The van der Waals surface area contributed by atoms with E-state index in [-0.39, 0.29) is 5.92 Å². The predicted molar refractivity (Wildman–Crippen MR) is 277 cm³/mol. The van der Waals surface area contributed by atoms with E-state index in [0.717, 1.165) is 62.1 Å². The van der Waals surface area contributed by atoms with Gasteiger partial charge in [0.15, 0.2) is 0 Å². The van der Waals surface area contributed by atoms with Gasteiger partial charge in [0.05, 0.1) is 0 Å². The lowest BCUT2D eigenvalue weighted by Gasteiger charge is -2.37. The zero-order chi connectivity index (χ0) is 44.4. The molecule has 0 fully saturated rings. The summed E-state index contributed by atoms with van der Waals surface area (Å²) in [5, 5.41) is 7.62. The molecule has 328 valence electrons. The van der Waals surface area contributed by atoms with Crippen LogP contribution in [0.2, 0.25) is 0 Å². The van der Waals surface area contributed by atoms with Crippen LogP contribution in [0.3, 0.4) is 0 Å². The van der Waals surface area contributed by atoms with Crippen LogP contribution in [0, 0.1) is 11.8 Å². The fourth-order valence-electron chi connectivity index (χ4n) is 10.3. The largest absolute Gasteiger partial charge is 0.359 e. The number of para-hydroxylation sites is 1. The van der Waals surface area contributed by atoms with Crippen molar-refractivity contribution in [2.75, 3.05) is 31.8 Å². The fraction of sp³-hybridized carbons (Fsp3) is 0.246. The molecular formula is C61H64N4. The number of rotatable bonds is 16. The summed E-state index contributed by atoms with van der Waals surface area (Å²) in [6, 6.07) is 47.3. The number of nitrogens with zero attached hydrogens (tertiary/aromatic N) is 2. The predicted octanol–water partition coefficient (Wildman–Crippen LogP) is 14.8.